The number of ether oxygens (including phenoxy) is 1. The summed E-state index contributed by atoms with van der Waals surface area (Å²) in [6.45, 7) is 1.95. The molecule has 0 aliphatic carbocycles. The lowest BCUT2D eigenvalue weighted by atomic mass is 10.1. The minimum atomic E-state index is -1.01. The first-order chi connectivity index (χ1) is 11.0. The van der Waals surface area contributed by atoms with Crippen LogP contribution in [0.5, 0.6) is 0 Å². The first-order valence-electron chi connectivity index (χ1n) is 6.63. The summed E-state index contributed by atoms with van der Waals surface area (Å²) in [6, 6.07) is 8.13. The van der Waals surface area contributed by atoms with E-state index in [1.165, 1.54) is 28.8 Å². The van der Waals surface area contributed by atoms with Gasteiger partial charge in [0.2, 0.25) is 0 Å². The molecule has 0 radical (unpaired) electrons. The number of carbonyl (C=O) groups is 2. The number of aromatic nitrogens is 1. The van der Waals surface area contributed by atoms with Crippen LogP contribution in [0, 0.1) is 11.3 Å². The number of carboxylic acid groups (broad SMARTS) is 1. The summed E-state index contributed by atoms with van der Waals surface area (Å²) >= 11 is 1.17. The van der Waals surface area contributed by atoms with Gasteiger partial charge in [0.1, 0.15) is 11.1 Å². The number of carbonyl (C=O) groups excluding carboxylic acids is 1. The number of rotatable bonds is 5. The SMILES string of the molecule is CCOC(=O)c1csc(C(C#N)=Cc2ccc(C(=O)O)cc2)n1. The summed E-state index contributed by atoms with van der Waals surface area (Å²) < 4.78 is 4.86. The second-order valence-corrected chi connectivity index (χ2v) is 5.21. The van der Waals surface area contributed by atoms with Gasteiger partial charge in [-0.3, -0.25) is 0 Å². The average molecular weight is 328 g/mol. The van der Waals surface area contributed by atoms with Crippen LogP contribution in [-0.2, 0) is 4.74 Å². The molecule has 1 aromatic carbocycles. The van der Waals surface area contributed by atoms with Crippen molar-refractivity contribution in [1.82, 2.24) is 4.98 Å². The first-order valence-corrected chi connectivity index (χ1v) is 7.51. The van der Waals surface area contributed by atoms with Crippen LogP contribution in [-0.4, -0.2) is 28.6 Å². The third-order valence-electron chi connectivity index (χ3n) is 2.81. The zero-order valence-electron chi connectivity index (χ0n) is 12.1. The predicted octanol–water partition coefficient (Wildman–Crippen LogP) is 3.08. The van der Waals surface area contributed by atoms with Crippen molar-refractivity contribution in [3.8, 4) is 6.07 Å². The van der Waals surface area contributed by atoms with E-state index in [0.717, 1.165) is 0 Å². The summed E-state index contributed by atoms with van der Waals surface area (Å²) in [7, 11) is 0. The van der Waals surface area contributed by atoms with Gasteiger partial charge >= 0.3 is 11.9 Å². The average Bonchev–Trinajstić information content (AvgIpc) is 3.03. The Balaban J connectivity index is 2.27. The van der Waals surface area contributed by atoms with Crippen molar-refractivity contribution in [2.75, 3.05) is 6.61 Å². The number of aromatic carboxylic acids is 1. The van der Waals surface area contributed by atoms with Gasteiger partial charge in [0, 0.05) is 5.38 Å². The van der Waals surface area contributed by atoms with Gasteiger partial charge in [-0.15, -0.1) is 11.3 Å². The third-order valence-corrected chi connectivity index (χ3v) is 3.68. The smallest absolute Gasteiger partial charge is 0.357 e. The Kier molecular flexibility index (Phi) is 5.23. The maximum atomic E-state index is 11.6. The van der Waals surface area contributed by atoms with Gasteiger partial charge in [-0.2, -0.15) is 5.26 Å². The molecule has 1 heterocycles. The number of esters is 1. The molecule has 0 saturated carbocycles. The lowest BCUT2D eigenvalue weighted by molar-refractivity contribution is 0.0520. The van der Waals surface area contributed by atoms with Gasteiger partial charge in [-0.1, -0.05) is 12.1 Å². The molecule has 1 N–H and O–H groups in total. The lowest BCUT2D eigenvalue weighted by Crippen LogP contribution is -2.04. The molecule has 0 aliphatic heterocycles. The highest BCUT2D eigenvalue weighted by atomic mass is 32.1. The van der Waals surface area contributed by atoms with E-state index in [1.54, 1.807) is 25.1 Å². The van der Waals surface area contributed by atoms with Crippen molar-refractivity contribution in [2.45, 2.75) is 6.92 Å². The molecule has 0 spiro atoms. The third kappa shape index (κ3) is 4.02. The molecule has 7 heteroatoms. The Labute approximate surface area is 136 Å². The lowest BCUT2D eigenvalue weighted by Gasteiger charge is -1.98. The van der Waals surface area contributed by atoms with E-state index in [0.29, 0.717) is 10.6 Å². The minimum absolute atomic E-state index is 0.161. The quantitative estimate of drug-likeness (QED) is 0.668. The molecule has 0 aliphatic rings. The summed E-state index contributed by atoms with van der Waals surface area (Å²) in [5.41, 5.74) is 1.28. The van der Waals surface area contributed by atoms with Crippen molar-refractivity contribution >= 4 is 34.9 Å². The van der Waals surface area contributed by atoms with Crippen molar-refractivity contribution in [3.05, 3.63) is 51.5 Å². The molecule has 0 saturated heterocycles. The van der Waals surface area contributed by atoms with E-state index in [1.807, 2.05) is 6.07 Å². The van der Waals surface area contributed by atoms with Crippen LogP contribution in [0.1, 0.15) is 38.3 Å². The molecule has 0 atom stereocenters. The zero-order chi connectivity index (χ0) is 16.8. The second-order valence-electron chi connectivity index (χ2n) is 4.36. The number of allylic oxidation sites excluding steroid dienone is 1. The van der Waals surface area contributed by atoms with E-state index >= 15 is 0 Å². The van der Waals surface area contributed by atoms with E-state index in [2.05, 4.69) is 4.98 Å². The van der Waals surface area contributed by atoms with Gasteiger partial charge in [-0.25, -0.2) is 14.6 Å². The molecule has 0 unspecified atom stereocenters. The maximum Gasteiger partial charge on any atom is 0.357 e. The Bertz CT molecular complexity index is 800. The standard InChI is InChI=1S/C16H12N2O4S/c1-2-22-16(21)13-9-23-14(18-13)12(8-17)7-10-3-5-11(6-4-10)15(19)20/h3-7,9H,2H2,1H3,(H,19,20). The van der Waals surface area contributed by atoms with Crippen molar-refractivity contribution in [3.63, 3.8) is 0 Å². The largest absolute Gasteiger partial charge is 0.478 e. The summed E-state index contributed by atoms with van der Waals surface area (Å²) in [5.74, 6) is -1.54. The molecule has 0 fully saturated rings. The molecule has 23 heavy (non-hydrogen) atoms. The van der Waals surface area contributed by atoms with Crippen molar-refractivity contribution < 1.29 is 19.4 Å². The molecule has 0 amide bonds. The summed E-state index contributed by atoms with van der Waals surface area (Å²) in [6.07, 6.45) is 1.58. The highest BCUT2D eigenvalue weighted by Crippen LogP contribution is 2.22. The van der Waals surface area contributed by atoms with Crippen LogP contribution in [0.2, 0.25) is 0 Å². The van der Waals surface area contributed by atoms with Crippen LogP contribution in [0.4, 0.5) is 0 Å². The minimum Gasteiger partial charge on any atom is -0.478 e. The highest BCUT2D eigenvalue weighted by Gasteiger charge is 2.14. The van der Waals surface area contributed by atoms with E-state index in [-0.39, 0.29) is 23.4 Å². The zero-order valence-corrected chi connectivity index (χ0v) is 13.0. The van der Waals surface area contributed by atoms with Crippen LogP contribution in [0.3, 0.4) is 0 Å². The fraction of sp³-hybridized carbons (Fsp3) is 0.125. The Morgan fingerprint density at radius 1 is 1.39 bits per heavy atom. The van der Waals surface area contributed by atoms with Crippen LogP contribution in [0.25, 0.3) is 11.6 Å². The van der Waals surface area contributed by atoms with Crippen molar-refractivity contribution in [1.29, 1.82) is 5.26 Å². The molecule has 116 valence electrons. The van der Waals surface area contributed by atoms with Gasteiger partial charge in [0.15, 0.2) is 5.69 Å². The topological polar surface area (TPSA) is 100 Å². The fourth-order valence-corrected chi connectivity index (χ4v) is 2.48. The van der Waals surface area contributed by atoms with Gasteiger partial charge in [0.25, 0.3) is 0 Å². The number of nitrogens with zero attached hydrogens (tertiary/aromatic N) is 2. The Morgan fingerprint density at radius 3 is 2.65 bits per heavy atom. The fourth-order valence-electron chi connectivity index (χ4n) is 1.73. The van der Waals surface area contributed by atoms with Crippen molar-refractivity contribution in [2.24, 2.45) is 0 Å². The number of carboxylic acids is 1. The van der Waals surface area contributed by atoms with Gasteiger partial charge in [0.05, 0.1) is 17.7 Å². The number of hydrogen-bond donors (Lipinski definition) is 1. The second kappa shape index (κ2) is 7.33. The molecule has 1 aromatic heterocycles. The highest BCUT2D eigenvalue weighted by molar-refractivity contribution is 7.11. The van der Waals surface area contributed by atoms with Gasteiger partial charge < -0.3 is 9.84 Å². The maximum absolute atomic E-state index is 11.6. The predicted molar refractivity (Wildman–Crippen MR) is 85.0 cm³/mol. The Morgan fingerprint density at radius 2 is 2.09 bits per heavy atom. The van der Waals surface area contributed by atoms with Crippen LogP contribution in [0.15, 0.2) is 29.6 Å². The molecule has 6 nitrogen and oxygen atoms in total. The number of hydrogen-bond acceptors (Lipinski definition) is 6. The molecule has 2 rings (SSSR count). The normalized spacial score (nSPS) is 10.9. The number of benzene rings is 1. The number of nitriles is 1. The molecular formula is C16H12N2O4S. The van der Waals surface area contributed by atoms with Gasteiger partial charge in [-0.05, 0) is 30.7 Å². The first kappa shape index (κ1) is 16.4. The molecular weight excluding hydrogens is 316 g/mol. The summed E-state index contributed by atoms with van der Waals surface area (Å²) in [5, 5.41) is 20.1. The summed E-state index contributed by atoms with van der Waals surface area (Å²) in [4.78, 5) is 26.5. The monoisotopic (exact) mass is 328 g/mol. The number of thiazole rings is 1. The van der Waals surface area contributed by atoms with E-state index in [9.17, 15) is 14.9 Å². The van der Waals surface area contributed by atoms with E-state index in [4.69, 9.17) is 9.84 Å². The molecule has 0 bridgehead atoms. The Hall–Kier alpha value is -2.98. The van der Waals surface area contributed by atoms with Crippen LogP contribution >= 0.6 is 11.3 Å². The van der Waals surface area contributed by atoms with E-state index < -0.39 is 11.9 Å². The molecule has 2 aromatic rings. The van der Waals surface area contributed by atoms with Crippen LogP contribution < -0.4 is 0 Å².